The zero-order valence-electron chi connectivity index (χ0n) is 25.2. The first kappa shape index (κ1) is 26.7. The Morgan fingerprint density at radius 1 is 0.630 bits per heavy atom. The highest BCUT2D eigenvalue weighted by molar-refractivity contribution is 6.80. The average molecular weight is 592 g/mol. The van der Waals surface area contributed by atoms with Gasteiger partial charge in [-0.15, -0.1) is 0 Å². The van der Waals surface area contributed by atoms with E-state index in [1.54, 1.807) is 0 Å². The minimum Gasteiger partial charge on any atom is -0.871 e. The van der Waals surface area contributed by atoms with Gasteiger partial charge in [0.25, 0.3) is 6.85 Å². The molecule has 0 saturated carbocycles. The summed E-state index contributed by atoms with van der Waals surface area (Å²) < 4.78 is 0. The van der Waals surface area contributed by atoms with E-state index in [4.69, 9.17) is 0 Å². The van der Waals surface area contributed by atoms with Crippen molar-refractivity contribution in [3.05, 3.63) is 143 Å². The highest BCUT2D eigenvalue weighted by Gasteiger charge is 2.35. The van der Waals surface area contributed by atoms with E-state index >= 15 is 0 Å². The van der Waals surface area contributed by atoms with Gasteiger partial charge in [-0.1, -0.05) is 133 Å². The van der Waals surface area contributed by atoms with Gasteiger partial charge in [0.2, 0.25) is 0 Å². The van der Waals surface area contributed by atoms with Crippen molar-refractivity contribution in [2.45, 2.75) is 12.7 Å². The molecule has 5 nitrogen and oxygen atoms in total. The van der Waals surface area contributed by atoms with Crippen molar-refractivity contribution in [2.24, 2.45) is 0 Å². The predicted octanol–water partition coefficient (Wildman–Crippen LogP) is 4.23. The molecule has 1 unspecified atom stereocenters. The number of carbonyl (C=O) groups is 1. The fourth-order valence-corrected chi connectivity index (χ4v) is 7.51. The third-order valence-corrected chi connectivity index (χ3v) is 9.72. The molecule has 218 valence electrons. The van der Waals surface area contributed by atoms with Crippen molar-refractivity contribution in [3.8, 4) is 0 Å². The summed E-state index contributed by atoms with van der Waals surface area (Å²) in [4.78, 5) is 14.2. The second-order valence-corrected chi connectivity index (χ2v) is 12.4. The van der Waals surface area contributed by atoms with Crippen molar-refractivity contribution in [2.75, 3.05) is 15.7 Å². The van der Waals surface area contributed by atoms with Crippen LogP contribution in [-0.2, 0) is 4.79 Å². The zero-order chi connectivity index (χ0) is 30.9. The minimum atomic E-state index is -0.208. The summed E-state index contributed by atoms with van der Waals surface area (Å²) in [7, 11) is 0. The molecule has 0 amide bonds. The van der Waals surface area contributed by atoms with E-state index in [9.17, 15) is 9.90 Å². The van der Waals surface area contributed by atoms with Crippen molar-refractivity contribution in [3.63, 3.8) is 0 Å². The van der Waals surface area contributed by atoms with E-state index in [0.29, 0.717) is 10.8 Å². The highest BCUT2D eigenvalue weighted by atomic mass is 16.3. The molecule has 7 heteroatoms. The van der Waals surface area contributed by atoms with E-state index in [2.05, 4.69) is 89.3 Å². The predicted molar refractivity (Wildman–Crippen MR) is 191 cm³/mol. The van der Waals surface area contributed by atoms with Crippen LogP contribution in [0.2, 0.25) is 5.82 Å². The summed E-state index contributed by atoms with van der Waals surface area (Å²) in [5, 5.41) is 31.0. The van der Waals surface area contributed by atoms with Crippen molar-refractivity contribution < 1.29 is 9.90 Å². The van der Waals surface area contributed by atoms with Gasteiger partial charge in [-0.3, -0.25) is 4.79 Å². The number of Topliss-reactive ketones (excluding diaryl/α,β-unsaturated/α-hetero) is 1. The molecule has 0 radical (unpaired) electrons. The van der Waals surface area contributed by atoms with Crippen LogP contribution >= 0.6 is 0 Å². The molecule has 0 saturated heterocycles. The maximum Gasteiger partial charge on any atom is 0.406 e. The number of rotatable bonds is 3. The molecular weight excluding hydrogens is 564 g/mol. The molecule has 2 aliphatic heterocycles. The number of nitrogens with one attached hydrogen (secondary N) is 3. The molecule has 3 N–H and O–H groups in total. The third kappa shape index (κ3) is 3.94. The van der Waals surface area contributed by atoms with Crippen LogP contribution in [0.5, 0.6) is 0 Å². The SMILES string of the molecule is CC1C=c2c(=C3C(=O)C(c4ccc5cccc6c5c4NB(c4ccccc4)N6)=C3[O-])ccc3cccc(c23)NB1c1ccccc1. The Morgan fingerprint density at radius 3 is 2.00 bits per heavy atom. The largest absolute Gasteiger partial charge is 0.871 e. The summed E-state index contributed by atoms with van der Waals surface area (Å²) in [6.45, 7) is 2.03. The molecule has 0 fully saturated rings. The Hall–Kier alpha value is -5.68. The van der Waals surface area contributed by atoms with E-state index in [0.717, 1.165) is 49.3 Å². The number of anilines is 3. The lowest BCUT2D eigenvalue weighted by Crippen LogP contribution is -2.48. The Labute approximate surface area is 267 Å². The van der Waals surface area contributed by atoms with Crippen molar-refractivity contribution in [1.29, 1.82) is 0 Å². The van der Waals surface area contributed by atoms with Gasteiger partial charge < -0.3 is 20.8 Å². The highest BCUT2D eigenvalue weighted by Crippen LogP contribution is 2.44. The zero-order valence-corrected chi connectivity index (χ0v) is 25.2. The number of allylic oxidation sites excluding steroid dienone is 2. The number of hydrogen-bond acceptors (Lipinski definition) is 5. The first-order valence-corrected chi connectivity index (χ1v) is 15.8. The quantitative estimate of drug-likeness (QED) is 0.269. The lowest BCUT2D eigenvalue weighted by molar-refractivity contribution is -0.292. The standard InChI is InChI=1S/C39H29B2N3O2/c1-23-22-30-28(20-18-24-10-8-16-31(33(24)30)42-40(23)26-12-4-2-5-13-26)35-38(45)36(39(35)46)29-21-19-25-11-9-17-32-34(25)37(29)44-41(43-32)27-14-6-3-7-15-27/h2-23,42-45H,1H3/p-1. The molecule has 3 aliphatic rings. The van der Waals surface area contributed by atoms with Crippen LogP contribution in [0.15, 0.2) is 127 Å². The summed E-state index contributed by atoms with van der Waals surface area (Å²) in [6.07, 6.45) is 2.23. The fraction of sp³-hybridized carbons (Fsp3) is 0.0513. The molecule has 9 rings (SSSR count). The molecule has 0 aromatic heterocycles. The third-order valence-electron chi connectivity index (χ3n) is 9.72. The van der Waals surface area contributed by atoms with Gasteiger partial charge in [-0.05, 0) is 44.6 Å². The van der Waals surface area contributed by atoms with E-state index in [-0.39, 0.29) is 42.3 Å². The maximum atomic E-state index is 14.2. The normalized spacial score (nSPS) is 17.9. The van der Waals surface area contributed by atoms with E-state index in [1.807, 2.05) is 60.7 Å². The molecular formula is C39H28B2N3O2-. The second-order valence-electron chi connectivity index (χ2n) is 12.4. The van der Waals surface area contributed by atoms with Gasteiger partial charge in [-0.25, -0.2) is 0 Å². The van der Waals surface area contributed by atoms with E-state index in [1.165, 1.54) is 5.46 Å². The van der Waals surface area contributed by atoms with Crippen LogP contribution in [0.25, 0.3) is 38.8 Å². The Bertz CT molecular complexity index is 2410. The Balaban J connectivity index is 1.24. The van der Waals surface area contributed by atoms with Crippen LogP contribution < -0.4 is 42.2 Å². The maximum absolute atomic E-state index is 14.2. The molecule has 1 atom stereocenters. The van der Waals surface area contributed by atoms with Gasteiger partial charge >= 0.3 is 6.98 Å². The summed E-state index contributed by atoms with van der Waals surface area (Å²) in [5.74, 6) is -0.315. The molecule has 46 heavy (non-hydrogen) atoms. The lowest BCUT2D eigenvalue weighted by atomic mass is 9.47. The Morgan fingerprint density at radius 2 is 1.28 bits per heavy atom. The molecule has 1 aliphatic carbocycles. The molecule has 6 aromatic carbocycles. The van der Waals surface area contributed by atoms with Gasteiger partial charge in [-0.2, -0.15) is 0 Å². The van der Waals surface area contributed by atoms with Crippen LogP contribution in [-0.4, -0.2) is 19.6 Å². The summed E-state index contributed by atoms with van der Waals surface area (Å²) in [6, 6.07) is 40.8. The first-order valence-electron chi connectivity index (χ1n) is 15.8. The van der Waals surface area contributed by atoms with Crippen LogP contribution in [0.3, 0.4) is 0 Å². The number of hydrogen-bond donors (Lipinski definition) is 3. The molecule has 0 bridgehead atoms. The molecule has 0 spiro atoms. The van der Waals surface area contributed by atoms with Gasteiger partial charge in [0.05, 0.1) is 0 Å². The second kappa shape index (κ2) is 10.2. The van der Waals surface area contributed by atoms with Crippen molar-refractivity contribution in [1.82, 2.24) is 0 Å². The van der Waals surface area contributed by atoms with E-state index < -0.39 is 0 Å². The van der Waals surface area contributed by atoms with Crippen LogP contribution in [0.4, 0.5) is 17.1 Å². The fourth-order valence-electron chi connectivity index (χ4n) is 7.51. The number of ketones is 1. The minimum absolute atomic E-state index is 0.0455. The first-order chi connectivity index (χ1) is 22.6. The van der Waals surface area contributed by atoms with Gasteiger partial charge in [0.1, 0.15) is 0 Å². The van der Waals surface area contributed by atoms with Crippen LogP contribution in [0, 0.1) is 0 Å². The molecule has 6 aromatic rings. The lowest BCUT2D eigenvalue weighted by Gasteiger charge is -2.35. The number of benzene rings is 6. The molecule has 2 heterocycles. The van der Waals surface area contributed by atoms with Crippen molar-refractivity contribution >= 4 is 86.4 Å². The van der Waals surface area contributed by atoms with Crippen LogP contribution in [0.1, 0.15) is 12.5 Å². The van der Waals surface area contributed by atoms with Gasteiger partial charge in [0, 0.05) is 44.5 Å². The Kier molecular flexibility index (Phi) is 5.91. The summed E-state index contributed by atoms with van der Waals surface area (Å²) >= 11 is 0. The number of carbonyl (C=O) groups excluding carboxylic acids is 1. The summed E-state index contributed by atoms with van der Waals surface area (Å²) in [5.41, 5.74) is 6.19. The monoisotopic (exact) mass is 592 g/mol. The smallest absolute Gasteiger partial charge is 0.406 e. The average Bonchev–Trinajstić information content (AvgIpc) is 3.25. The van der Waals surface area contributed by atoms with Gasteiger partial charge in [0.15, 0.2) is 5.78 Å². The topological polar surface area (TPSA) is 76.2 Å².